The lowest BCUT2D eigenvalue weighted by Crippen LogP contribution is -2.12. The van der Waals surface area contributed by atoms with E-state index in [1.54, 1.807) is 10.8 Å². The zero-order valence-corrected chi connectivity index (χ0v) is 20.7. The van der Waals surface area contributed by atoms with Gasteiger partial charge in [0.05, 0.1) is 15.9 Å². The summed E-state index contributed by atoms with van der Waals surface area (Å²) in [5.41, 5.74) is 4.04. The van der Waals surface area contributed by atoms with Crippen molar-refractivity contribution >= 4 is 56.1 Å². The molecule has 0 bridgehead atoms. The third-order valence-corrected chi connectivity index (χ3v) is 7.13. The lowest BCUT2D eigenvalue weighted by Gasteiger charge is -1.98. The molecule has 0 saturated heterocycles. The molecule has 0 aliphatic heterocycles. The molecular formula is C28H19ClN4O2S. The van der Waals surface area contributed by atoms with Gasteiger partial charge in [0.15, 0.2) is 10.6 Å². The molecule has 0 unspecified atom stereocenters. The molecule has 0 aliphatic rings. The third-order valence-electron chi connectivity index (χ3n) is 5.80. The number of carbonyl (C=O) groups is 1. The van der Waals surface area contributed by atoms with E-state index in [-0.39, 0.29) is 5.91 Å². The summed E-state index contributed by atoms with van der Waals surface area (Å²) in [6.45, 7) is 0. The van der Waals surface area contributed by atoms with Crippen LogP contribution in [0.25, 0.3) is 44.4 Å². The minimum absolute atomic E-state index is 0.369. The SMILES string of the molecule is Cn1c(=NC(=O)/C=C/c2cn(-c3ccccc3)nc2-c2cc3ccccc3o2)sc2cc(Cl)ccc21. The second-order valence-corrected chi connectivity index (χ2v) is 9.65. The number of para-hydroxylation sites is 2. The number of aromatic nitrogens is 3. The molecule has 6 aromatic rings. The van der Waals surface area contributed by atoms with Crippen molar-refractivity contribution in [3.8, 4) is 17.1 Å². The number of carbonyl (C=O) groups excluding carboxylic acids is 1. The quantitative estimate of drug-likeness (QED) is 0.250. The van der Waals surface area contributed by atoms with Gasteiger partial charge in [-0.2, -0.15) is 10.1 Å². The number of nitrogens with zero attached hydrogens (tertiary/aromatic N) is 4. The Hall–Kier alpha value is -4.20. The van der Waals surface area contributed by atoms with Gasteiger partial charge in [0.25, 0.3) is 5.91 Å². The summed E-state index contributed by atoms with van der Waals surface area (Å²) in [4.78, 5) is 17.7. The minimum Gasteiger partial charge on any atom is -0.454 e. The number of hydrogen-bond donors (Lipinski definition) is 0. The Kier molecular flexibility index (Phi) is 5.64. The first-order valence-corrected chi connectivity index (χ1v) is 12.4. The number of fused-ring (bicyclic) bond motifs is 2. The van der Waals surface area contributed by atoms with Crippen molar-refractivity contribution in [2.75, 3.05) is 0 Å². The van der Waals surface area contributed by atoms with Gasteiger partial charge in [0, 0.05) is 35.3 Å². The van der Waals surface area contributed by atoms with Crippen LogP contribution < -0.4 is 4.80 Å². The Labute approximate surface area is 215 Å². The Bertz CT molecular complexity index is 1810. The predicted molar refractivity (Wildman–Crippen MR) is 144 cm³/mol. The van der Waals surface area contributed by atoms with Gasteiger partial charge in [-0.25, -0.2) is 4.68 Å². The maximum absolute atomic E-state index is 12.8. The fourth-order valence-corrected chi connectivity index (χ4v) is 5.32. The van der Waals surface area contributed by atoms with Crippen molar-refractivity contribution in [1.82, 2.24) is 14.3 Å². The first kappa shape index (κ1) is 22.3. The van der Waals surface area contributed by atoms with Gasteiger partial charge in [0.2, 0.25) is 0 Å². The molecule has 6 nitrogen and oxygen atoms in total. The molecule has 3 aromatic carbocycles. The molecule has 3 aromatic heterocycles. The monoisotopic (exact) mass is 510 g/mol. The normalized spacial score (nSPS) is 12.3. The van der Waals surface area contributed by atoms with E-state index in [9.17, 15) is 4.79 Å². The van der Waals surface area contributed by atoms with E-state index in [0.717, 1.165) is 32.4 Å². The number of aryl methyl sites for hydroxylation is 1. The minimum atomic E-state index is -0.369. The van der Waals surface area contributed by atoms with Crippen LogP contribution in [0, 0.1) is 0 Å². The smallest absolute Gasteiger partial charge is 0.272 e. The zero-order chi connectivity index (χ0) is 24.6. The number of furan rings is 1. The lowest BCUT2D eigenvalue weighted by atomic mass is 10.2. The summed E-state index contributed by atoms with van der Waals surface area (Å²) in [7, 11) is 1.88. The topological polar surface area (TPSA) is 65.3 Å². The van der Waals surface area contributed by atoms with Gasteiger partial charge < -0.3 is 8.98 Å². The summed E-state index contributed by atoms with van der Waals surface area (Å²) >= 11 is 7.53. The fourth-order valence-electron chi connectivity index (χ4n) is 4.02. The van der Waals surface area contributed by atoms with Gasteiger partial charge in [-0.05, 0) is 48.5 Å². The van der Waals surface area contributed by atoms with Crippen LogP contribution in [0.2, 0.25) is 5.02 Å². The molecule has 3 heterocycles. The Morgan fingerprint density at radius 2 is 1.86 bits per heavy atom. The summed E-state index contributed by atoms with van der Waals surface area (Å²) in [6.07, 6.45) is 5.06. The van der Waals surface area contributed by atoms with Crippen LogP contribution in [-0.2, 0) is 11.8 Å². The lowest BCUT2D eigenvalue weighted by molar-refractivity contribution is -0.113. The van der Waals surface area contributed by atoms with E-state index in [2.05, 4.69) is 4.99 Å². The van der Waals surface area contributed by atoms with Gasteiger partial charge >= 0.3 is 0 Å². The van der Waals surface area contributed by atoms with Crippen LogP contribution in [0.3, 0.4) is 0 Å². The highest BCUT2D eigenvalue weighted by Crippen LogP contribution is 2.30. The highest BCUT2D eigenvalue weighted by Gasteiger charge is 2.15. The van der Waals surface area contributed by atoms with Gasteiger partial charge in [-0.15, -0.1) is 0 Å². The Morgan fingerprint density at radius 3 is 2.69 bits per heavy atom. The van der Waals surface area contributed by atoms with Crippen molar-refractivity contribution < 1.29 is 9.21 Å². The van der Waals surface area contributed by atoms with E-state index < -0.39 is 0 Å². The van der Waals surface area contributed by atoms with E-state index >= 15 is 0 Å². The molecule has 0 spiro atoms. The largest absolute Gasteiger partial charge is 0.454 e. The number of rotatable bonds is 4. The summed E-state index contributed by atoms with van der Waals surface area (Å²) in [6, 6.07) is 25.2. The van der Waals surface area contributed by atoms with Gasteiger partial charge in [0.1, 0.15) is 11.3 Å². The molecule has 0 atom stereocenters. The molecule has 0 aliphatic carbocycles. The summed E-state index contributed by atoms with van der Waals surface area (Å²) in [5, 5.41) is 6.41. The summed E-state index contributed by atoms with van der Waals surface area (Å²) in [5.74, 6) is 0.258. The van der Waals surface area contributed by atoms with Gasteiger partial charge in [-0.1, -0.05) is 59.3 Å². The van der Waals surface area contributed by atoms with Gasteiger partial charge in [-0.3, -0.25) is 4.79 Å². The van der Waals surface area contributed by atoms with E-state index in [1.165, 1.54) is 17.4 Å². The van der Waals surface area contributed by atoms with Crippen molar-refractivity contribution in [3.63, 3.8) is 0 Å². The van der Waals surface area contributed by atoms with E-state index in [4.69, 9.17) is 21.1 Å². The van der Waals surface area contributed by atoms with Crippen molar-refractivity contribution in [3.05, 3.63) is 107 Å². The predicted octanol–water partition coefficient (Wildman–Crippen LogP) is 6.63. The molecule has 0 radical (unpaired) electrons. The van der Waals surface area contributed by atoms with E-state index in [0.29, 0.717) is 21.3 Å². The average molecular weight is 511 g/mol. The van der Waals surface area contributed by atoms with Crippen LogP contribution in [0.1, 0.15) is 5.56 Å². The first-order chi connectivity index (χ1) is 17.5. The molecule has 6 rings (SSSR count). The Balaban J connectivity index is 1.40. The molecule has 36 heavy (non-hydrogen) atoms. The molecule has 1 amide bonds. The summed E-state index contributed by atoms with van der Waals surface area (Å²) < 4.78 is 10.7. The van der Waals surface area contributed by atoms with E-state index in [1.807, 2.05) is 96.7 Å². The molecule has 176 valence electrons. The highest BCUT2D eigenvalue weighted by atomic mass is 35.5. The molecular weight excluding hydrogens is 492 g/mol. The number of thiazole rings is 1. The maximum atomic E-state index is 12.8. The van der Waals surface area contributed by atoms with Crippen LogP contribution in [0.4, 0.5) is 0 Å². The second-order valence-electron chi connectivity index (χ2n) is 8.20. The fraction of sp³-hybridized carbons (Fsp3) is 0.0357. The number of benzene rings is 3. The van der Waals surface area contributed by atoms with Crippen molar-refractivity contribution in [2.45, 2.75) is 0 Å². The number of halogens is 1. The average Bonchev–Trinajstić information content (AvgIpc) is 3.58. The zero-order valence-electron chi connectivity index (χ0n) is 19.1. The molecule has 8 heteroatoms. The Morgan fingerprint density at radius 1 is 1.06 bits per heavy atom. The standard InChI is InChI=1S/C28H19ClN4O2S/c1-32-22-13-12-20(29)16-25(22)36-28(32)30-26(34)14-11-19-17-33(21-8-3-2-4-9-21)31-27(19)24-15-18-7-5-6-10-23(18)35-24/h2-17H,1H3/b14-11+,30-28?. The maximum Gasteiger partial charge on any atom is 0.272 e. The molecule has 0 saturated carbocycles. The number of amides is 1. The van der Waals surface area contributed by atoms with Crippen molar-refractivity contribution in [2.24, 2.45) is 12.0 Å². The molecule has 0 N–H and O–H groups in total. The molecule has 0 fully saturated rings. The van der Waals surface area contributed by atoms with Crippen LogP contribution >= 0.6 is 22.9 Å². The third kappa shape index (κ3) is 4.19. The van der Waals surface area contributed by atoms with Crippen LogP contribution in [-0.4, -0.2) is 20.3 Å². The second kappa shape index (κ2) is 9.11. The van der Waals surface area contributed by atoms with Crippen LogP contribution in [0.15, 0.2) is 101 Å². The first-order valence-electron chi connectivity index (χ1n) is 11.2. The van der Waals surface area contributed by atoms with Crippen molar-refractivity contribution in [1.29, 1.82) is 0 Å². The van der Waals surface area contributed by atoms with Crippen LogP contribution in [0.5, 0.6) is 0 Å². The number of hydrogen-bond acceptors (Lipinski definition) is 4. The highest BCUT2D eigenvalue weighted by molar-refractivity contribution is 7.16.